The Labute approximate surface area is 371 Å². The SMILES string of the molecule is COCCCc1ccc(C#N)cc1Nc1nccc(-c2cc(C#N)c3c(c2)[C@@](C)(COCc2ccc(C#N)cc2Nc2nccc(-c4cc(C#N)c5c(c4)[C@@](C)(CO)CN5)n2)CN3)n1. The predicted octanol–water partition coefficient (Wildman–Crippen LogP) is 7.73. The number of benzene rings is 4. The summed E-state index contributed by atoms with van der Waals surface area (Å²) in [4.78, 5) is 18.6. The highest BCUT2D eigenvalue weighted by molar-refractivity contribution is 5.78. The van der Waals surface area contributed by atoms with E-state index in [1.165, 1.54) is 0 Å². The number of ether oxygens (including phenoxy) is 2. The summed E-state index contributed by atoms with van der Waals surface area (Å²) in [7, 11) is 1.67. The second-order valence-corrected chi connectivity index (χ2v) is 16.4. The van der Waals surface area contributed by atoms with Crippen molar-refractivity contribution in [3.63, 3.8) is 0 Å². The van der Waals surface area contributed by atoms with Crippen LogP contribution in [0.25, 0.3) is 22.5 Å². The van der Waals surface area contributed by atoms with Crippen molar-refractivity contribution in [2.75, 3.05) is 61.3 Å². The fraction of sp³-hybridized carbons (Fsp3) is 0.265. The number of aliphatic hydroxyl groups is 1. The van der Waals surface area contributed by atoms with Crippen molar-refractivity contribution >= 4 is 34.6 Å². The fourth-order valence-electron chi connectivity index (χ4n) is 8.18. The third-order valence-electron chi connectivity index (χ3n) is 11.8. The lowest BCUT2D eigenvalue weighted by Gasteiger charge is -2.25. The highest BCUT2D eigenvalue weighted by Crippen LogP contribution is 2.43. The van der Waals surface area contributed by atoms with Crippen LogP contribution in [0.15, 0.2) is 85.2 Å². The van der Waals surface area contributed by atoms with Crippen LogP contribution in [0.2, 0.25) is 0 Å². The van der Waals surface area contributed by atoms with E-state index in [0.29, 0.717) is 77.1 Å². The van der Waals surface area contributed by atoms with E-state index in [1.807, 2.05) is 37.3 Å². The molecule has 0 aliphatic carbocycles. The van der Waals surface area contributed by atoms with E-state index in [4.69, 9.17) is 19.4 Å². The second kappa shape index (κ2) is 18.2. The quantitative estimate of drug-likeness (QED) is 0.0622. The molecule has 318 valence electrons. The van der Waals surface area contributed by atoms with E-state index in [9.17, 15) is 26.2 Å². The number of nitrogens with one attached hydrogen (secondary N) is 4. The summed E-state index contributed by atoms with van der Waals surface area (Å²) in [6, 6.07) is 31.0. The first-order chi connectivity index (χ1) is 31.1. The number of aliphatic hydroxyl groups excluding tert-OH is 1. The minimum Gasteiger partial charge on any atom is -0.395 e. The molecule has 4 aromatic carbocycles. The van der Waals surface area contributed by atoms with Gasteiger partial charge in [-0.2, -0.15) is 21.0 Å². The summed E-state index contributed by atoms with van der Waals surface area (Å²) in [6.45, 7) is 6.10. The van der Waals surface area contributed by atoms with Crippen molar-refractivity contribution in [3.8, 4) is 46.8 Å². The molecule has 0 bridgehead atoms. The Morgan fingerprint density at radius 1 is 0.688 bits per heavy atom. The molecule has 0 spiro atoms. The van der Waals surface area contributed by atoms with Crippen LogP contribution in [-0.2, 0) is 33.3 Å². The first kappa shape index (κ1) is 42.8. The third-order valence-corrected chi connectivity index (χ3v) is 11.8. The van der Waals surface area contributed by atoms with Crippen molar-refractivity contribution < 1.29 is 14.6 Å². The topological polar surface area (TPSA) is 234 Å². The molecule has 2 aromatic heterocycles. The number of hydrogen-bond donors (Lipinski definition) is 5. The van der Waals surface area contributed by atoms with Crippen LogP contribution in [0.3, 0.4) is 0 Å². The van der Waals surface area contributed by atoms with Crippen LogP contribution in [-0.4, -0.2) is 65.1 Å². The largest absolute Gasteiger partial charge is 0.395 e. The van der Waals surface area contributed by atoms with E-state index in [0.717, 1.165) is 57.7 Å². The van der Waals surface area contributed by atoms with Gasteiger partial charge in [-0.15, -0.1) is 0 Å². The Balaban J connectivity index is 1.01. The number of methoxy groups -OCH3 is 1. The molecule has 0 fully saturated rings. The lowest BCUT2D eigenvalue weighted by molar-refractivity contribution is 0.0831. The first-order valence-electron chi connectivity index (χ1n) is 20.7. The Morgan fingerprint density at radius 3 is 1.75 bits per heavy atom. The molecule has 6 aromatic rings. The summed E-state index contributed by atoms with van der Waals surface area (Å²) < 4.78 is 11.7. The number of anilines is 6. The van der Waals surface area contributed by atoms with Crippen LogP contribution in [0, 0.1) is 45.3 Å². The number of aryl methyl sites for hydroxylation is 1. The van der Waals surface area contributed by atoms with Crippen molar-refractivity contribution in [3.05, 3.63) is 130 Å². The Bertz CT molecular complexity index is 2950. The van der Waals surface area contributed by atoms with Gasteiger partial charge in [-0.25, -0.2) is 19.9 Å². The molecular formula is C49H44N12O3. The maximum atomic E-state index is 10.3. The zero-order valence-electron chi connectivity index (χ0n) is 35.6. The van der Waals surface area contributed by atoms with Crippen molar-refractivity contribution in [1.29, 1.82) is 21.0 Å². The maximum Gasteiger partial charge on any atom is 0.227 e. The fourth-order valence-corrected chi connectivity index (χ4v) is 8.18. The summed E-state index contributed by atoms with van der Waals surface area (Å²) in [6.07, 6.45) is 4.84. The molecular weight excluding hydrogens is 805 g/mol. The number of nitrogens with zero attached hydrogens (tertiary/aromatic N) is 8. The van der Waals surface area contributed by atoms with Gasteiger partial charge in [0.05, 0.1) is 77.0 Å². The van der Waals surface area contributed by atoms with E-state index in [1.54, 1.807) is 62.0 Å². The molecule has 15 nitrogen and oxygen atoms in total. The van der Waals surface area contributed by atoms with Gasteiger partial charge in [0, 0.05) is 78.1 Å². The standard InChI is InChI=1S/C49H44N12O3/c1-48(28-62)26-56-44-36(23-52)17-34(19-38(44)48)40-10-13-55-47(59-40)61-43-16-31(22-51)7-9-33(43)25-64-29-49(2)27-57-45-37(24-53)18-35(20-39(45)49)41-11-12-54-46(58-41)60-42-15-30(21-50)6-8-32(42)5-4-14-63-3/h6-13,15-20,56-57,62H,4-5,14,25-29H2,1-3H3,(H,54,58,60)(H,55,59,61)/t48-,49-/m1/s1. The maximum absolute atomic E-state index is 10.3. The Hall–Kier alpha value is -7.92. The molecule has 5 N–H and O–H groups in total. The smallest absolute Gasteiger partial charge is 0.227 e. The first-order valence-corrected chi connectivity index (χ1v) is 20.7. The second-order valence-electron chi connectivity index (χ2n) is 16.4. The van der Waals surface area contributed by atoms with Gasteiger partial charge < -0.3 is 35.8 Å². The summed E-state index contributed by atoms with van der Waals surface area (Å²) in [5.41, 5.74) is 9.83. The lowest BCUT2D eigenvalue weighted by Crippen LogP contribution is -2.30. The van der Waals surface area contributed by atoms with Crippen LogP contribution < -0.4 is 21.3 Å². The molecule has 0 saturated carbocycles. The molecule has 0 saturated heterocycles. The highest BCUT2D eigenvalue weighted by Gasteiger charge is 2.38. The van der Waals surface area contributed by atoms with Gasteiger partial charge >= 0.3 is 0 Å². The van der Waals surface area contributed by atoms with E-state index in [-0.39, 0.29) is 19.2 Å². The van der Waals surface area contributed by atoms with E-state index < -0.39 is 10.8 Å². The van der Waals surface area contributed by atoms with Crippen molar-refractivity contribution in [1.82, 2.24) is 19.9 Å². The van der Waals surface area contributed by atoms with Crippen LogP contribution in [0.1, 0.15) is 64.8 Å². The van der Waals surface area contributed by atoms with E-state index in [2.05, 4.69) is 62.4 Å². The zero-order valence-corrected chi connectivity index (χ0v) is 35.6. The number of fused-ring (bicyclic) bond motifs is 2. The van der Waals surface area contributed by atoms with Gasteiger partial charge in [-0.3, -0.25) is 0 Å². The van der Waals surface area contributed by atoms with E-state index >= 15 is 0 Å². The molecule has 0 amide bonds. The summed E-state index contributed by atoms with van der Waals surface area (Å²) >= 11 is 0. The average molecular weight is 849 g/mol. The number of rotatable bonds is 15. The van der Waals surface area contributed by atoms with Crippen LogP contribution in [0.5, 0.6) is 0 Å². The number of nitriles is 4. The van der Waals surface area contributed by atoms with Gasteiger partial charge in [0.15, 0.2) is 0 Å². The Kier molecular flexibility index (Phi) is 12.2. The normalized spacial score (nSPS) is 16.8. The van der Waals surface area contributed by atoms with Crippen molar-refractivity contribution in [2.24, 2.45) is 0 Å². The third kappa shape index (κ3) is 8.60. The van der Waals surface area contributed by atoms with Gasteiger partial charge in [0.1, 0.15) is 12.1 Å². The van der Waals surface area contributed by atoms with Gasteiger partial charge in [-0.1, -0.05) is 26.0 Å². The van der Waals surface area contributed by atoms with Crippen LogP contribution in [0.4, 0.5) is 34.6 Å². The summed E-state index contributed by atoms with van der Waals surface area (Å²) in [5, 5.41) is 63.2. The average Bonchev–Trinajstić information content (AvgIpc) is 3.85. The monoisotopic (exact) mass is 848 g/mol. The predicted molar refractivity (Wildman–Crippen MR) is 242 cm³/mol. The number of hydrogen-bond acceptors (Lipinski definition) is 15. The highest BCUT2D eigenvalue weighted by atomic mass is 16.5. The summed E-state index contributed by atoms with van der Waals surface area (Å²) in [5.74, 6) is 0.641. The lowest BCUT2D eigenvalue weighted by atomic mass is 9.83. The molecule has 8 rings (SSSR count). The molecule has 15 heteroatoms. The minimum atomic E-state index is -0.548. The molecule has 0 radical (unpaired) electrons. The molecule has 0 unspecified atom stereocenters. The van der Waals surface area contributed by atoms with Crippen LogP contribution >= 0.6 is 0 Å². The van der Waals surface area contributed by atoms with Gasteiger partial charge in [0.25, 0.3) is 0 Å². The molecule has 2 aliphatic rings. The minimum absolute atomic E-state index is 0.0797. The molecule has 2 atom stereocenters. The molecule has 64 heavy (non-hydrogen) atoms. The Morgan fingerprint density at radius 2 is 1.22 bits per heavy atom. The molecule has 2 aliphatic heterocycles. The van der Waals surface area contributed by atoms with Gasteiger partial charge in [-0.05, 0) is 90.2 Å². The molecule has 4 heterocycles. The van der Waals surface area contributed by atoms with Gasteiger partial charge in [0.2, 0.25) is 11.9 Å². The number of aromatic nitrogens is 4. The zero-order chi connectivity index (χ0) is 44.8. The van der Waals surface area contributed by atoms with Crippen molar-refractivity contribution in [2.45, 2.75) is 44.1 Å².